The molecule has 136 valence electrons. The first-order valence-corrected chi connectivity index (χ1v) is 9.31. The van der Waals surface area contributed by atoms with Crippen molar-refractivity contribution in [3.8, 4) is 0 Å². The lowest BCUT2D eigenvalue weighted by Crippen LogP contribution is -2.48. The molecule has 1 aromatic heterocycles. The van der Waals surface area contributed by atoms with Crippen LogP contribution in [0.25, 0.3) is 0 Å². The zero-order valence-electron chi connectivity index (χ0n) is 14.8. The van der Waals surface area contributed by atoms with Gasteiger partial charge in [-0.2, -0.15) is 5.10 Å². The molecule has 0 aliphatic carbocycles. The Morgan fingerprint density at radius 3 is 2.88 bits per heavy atom. The van der Waals surface area contributed by atoms with Crippen molar-refractivity contribution in [1.82, 2.24) is 15.1 Å². The second-order valence-corrected chi connectivity index (χ2v) is 7.41. The van der Waals surface area contributed by atoms with Gasteiger partial charge in [-0.3, -0.25) is 14.7 Å². The number of aromatic amines is 1. The number of aromatic nitrogens is 2. The minimum absolute atomic E-state index is 0.0169. The minimum atomic E-state index is -0.694. The molecule has 7 heteroatoms. The van der Waals surface area contributed by atoms with Gasteiger partial charge in [0, 0.05) is 12.2 Å². The van der Waals surface area contributed by atoms with Crippen molar-refractivity contribution in [2.75, 3.05) is 11.9 Å². The van der Waals surface area contributed by atoms with Gasteiger partial charge in [-0.15, -0.1) is 0 Å². The molecule has 6 nitrogen and oxygen atoms in total. The lowest BCUT2D eigenvalue weighted by molar-refractivity contribution is -0.121. The van der Waals surface area contributed by atoms with Crippen LogP contribution < -0.4 is 5.32 Å². The molecule has 2 aromatic rings. The third-order valence-electron chi connectivity index (χ3n) is 5.65. The maximum Gasteiger partial charge on any atom is 0.276 e. The maximum atomic E-state index is 13.2. The van der Waals surface area contributed by atoms with E-state index in [-0.39, 0.29) is 23.6 Å². The zero-order valence-corrected chi connectivity index (χ0v) is 15.6. The molecule has 2 amide bonds. The average molecular weight is 373 g/mol. The summed E-state index contributed by atoms with van der Waals surface area (Å²) >= 11 is 6.25. The molecule has 4 rings (SSSR count). The largest absolute Gasteiger partial charge is 0.333 e. The molecule has 1 fully saturated rings. The Morgan fingerprint density at radius 1 is 1.42 bits per heavy atom. The Balaban J connectivity index is 1.77. The predicted molar refractivity (Wildman–Crippen MR) is 99.4 cm³/mol. The van der Waals surface area contributed by atoms with Gasteiger partial charge in [-0.05, 0) is 31.4 Å². The average Bonchev–Trinajstić information content (AvgIpc) is 3.26. The fourth-order valence-electron chi connectivity index (χ4n) is 4.41. The summed E-state index contributed by atoms with van der Waals surface area (Å²) < 4.78 is 0. The van der Waals surface area contributed by atoms with Crippen LogP contribution in [0.2, 0.25) is 5.02 Å². The van der Waals surface area contributed by atoms with E-state index in [4.69, 9.17) is 11.6 Å². The number of carbonyl (C=O) groups excluding carboxylic acids is 2. The third kappa shape index (κ3) is 2.21. The lowest BCUT2D eigenvalue weighted by atomic mass is 9.73. The zero-order chi connectivity index (χ0) is 18.5. The highest BCUT2D eigenvalue weighted by Crippen LogP contribution is 2.49. The second kappa shape index (κ2) is 6.13. The van der Waals surface area contributed by atoms with Crippen LogP contribution >= 0.6 is 11.6 Å². The summed E-state index contributed by atoms with van der Waals surface area (Å²) in [6.07, 6.45) is 2.22. The van der Waals surface area contributed by atoms with Crippen LogP contribution in [-0.2, 0) is 10.2 Å². The third-order valence-corrected chi connectivity index (χ3v) is 6.11. The molecule has 0 unspecified atom stereocenters. The van der Waals surface area contributed by atoms with Crippen LogP contribution in [0.3, 0.4) is 0 Å². The quantitative estimate of drug-likeness (QED) is 0.867. The fraction of sp³-hybridized carbons (Fsp3) is 0.421. The van der Waals surface area contributed by atoms with Gasteiger partial charge in [-0.1, -0.05) is 43.1 Å². The van der Waals surface area contributed by atoms with Crippen molar-refractivity contribution in [2.45, 2.75) is 44.6 Å². The smallest absolute Gasteiger partial charge is 0.276 e. The molecule has 1 spiro atoms. The monoisotopic (exact) mass is 372 g/mol. The van der Waals surface area contributed by atoms with Crippen molar-refractivity contribution in [1.29, 1.82) is 0 Å². The highest BCUT2D eigenvalue weighted by Gasteiger charge is 2.58. The van der Waals surface area contributed by atoms with Crippen LogP contribution in [0, 0.1) is 6.92 Å². The van der Waals surface area contributed by atoms with Gasteiger partial charge in [0.25, 0.3) is 5.91 Å². The summed E-state index contributed by atoms with van der Waals surface area (Å²) in [6, 6.07) is 7.56. The number of likely N-dealkylation sites (tertiary alicyclic amines) is 1. The Morgan fingerprint density at radius 2 is 2.19 bits per heavy atom. The van der Waals surface area contributed by atoms with Crippen molar-refractivity contribution in [2.24, 2.45) is 0 Å². The number of fused-ring (bicyclic) bond motifs is 2. The highest BCUT2D eigenvalue weighted by molar-refractivity contribution is 6.34. The number of hydrogen-bond donors (Lipinski definition) is 2. The van der Waals surface area contributed by atoms with E-state index in [1.54, 1.807) is 11.8 Å². The maximum absolute atomic E-state index is 13.2. The molecule has 2 atom stereocenters. The molecule has 2 aliphatic rings. The molecule has 1 aromatic carbocycles. The van der Waals surface area contributed by atoms with E-state index >= 15 is 0 Å². The first-order valence-electron chi connectivity index (χ1n) is 8.93. The van der Waals surface area contributed by atoms with E-state index in [2.05, 4.69) is 22.4 Å². The van der Waals surface area contributed by atoms with Crippen LogP contribution in [0.1, 0.15) is 47.9 Å². The Hall–Kier alpha value is -2.34. The van der Waals surface area contributed by atoms with Gasteiger partial charge in [0.15, 0.2) is 5.69 Å². The number of nitrogens with one attached hydrogen (secondary N) is 2. The molecule has 0 radical (unpaired) electrons. The van der Waals surface area contributed by atoms with Crippen molar-refractivity contribution in [3.63, 3.8) is 0 Å². The molecule has 0 saturated carbocycles. The minimum Gasteiger partial charge on any atom is -0.333 e. The fourth-order valence-corrected chi connectivity index (χ4v) is 4.58. The molecular formula is C19H21ClN4O2. The van der Waals surface area contributed by atoms with Crippen molar-refractivity contribution >= 4 is 29.1 Å². The summed E-state index contributed by atoms with van der Waals surface area (Å²) in [5, 5.41) is 10.2. The summed E-state index contributed by atoms with van der Waals surface area (Å²) in [6.45, 7) is 4.36. The van der Waals surface area contributed by atoms with Gasteiger partial charge in [0.05, 0.1) is 22.2 Å². The van der Waals surface area contributed by atoms with E-state index in [9.17, 15) is 9.59 Å². The van der Waals surface area contributed by atoms with Crippen LogP contribution in [-0.4, -0.2) is 39.5 Å². The number of H-pyrrole nitrogens is 1. The number of carbonyl (C=O) groups is 2. The van der Waals surface area contributed by atoms with Gasteiger partial charge in [0.1, 0.15) is 0 Å². The molecule has 26 heavy (non-hydrogen) atoms. The number of hydrogen-bond acceptors (Lipinski definition) is 3. The number of halogens is 1. The number of anilines is 1. The summed E-state index contributed by atoms with van der Waals surface area (Å²) in [5.74, 6) is -0.233. The number of amides is 2. The SMILES string of the molecule is CCC[C@@H]1N(C(=O)c2n[nH]c(C)c2Cl)CC[C@]12C(=O)Nc1ccccc12. The predicted octanol–water partition coefficient (Wildman–Crippen LogP) is 3.28. The topological polar surface area (TPSA) is 78.1 Å². The first kappa shape index (κ1) is 17.1. The second-order valence-electron chi connectivity index (χ2n) is 7.04. The van der Waals surface area contributed by atoms with E-state index in [1.807, 2.05) is 24.3 Å². The van der Waals surface area contributed by atoms with E-state index in [0.29, 0.717) is 23.7 Å². The molecule has 0 bridgehead atoms. The number of aryl methyl sites for hydroxylation is 1. The van der Waals surface area contributed by atoms with E-state index in [0.717, 1.165) is 24.1 Å². The summed E-state index contributed by atoms with van der Waals surface area (Å²) in [5.41, 5.74) is 2.04. The highest BCUT2D eigenvalue weighted by atomic mass is 35.5. The van der Waals surface area contributed by atoms with Gasteiger partial charge < -0.3 is 10.2 Å². The Kier molecular flexibility index (Phi) is 4.03. The summed E-state index contributed by atoms with van der Waals surface area (Å²) in [4.78, 5) is 28.0. The van der Waals surface area contributed by atoms with Gasteiger partial charge >= 0.3 is 0 Å². The van der Waals surface area contributed by atoms with Crippen LogP contribution in [0.4, 0.5) is 5.69 Å². The molecular weight excluding hydrogens is 352 g/mol. The number of para-hydroxylation sites is 1. The van der Waals surface area contributed by atoms with Gasteiger partial charge in [-0.25, -0.2) is 0 Å². The standard InChI is InChI=1S/C19H21ClN4O2/c1-3-6-14-19(12-7-4-5-8-13(12)21-18(19)26)9-10-24(14)17(25)16-15(20)11(2)22-23-16/h4-5,7-8,14H,3,6,9-10H2,1-2H3,(H,21,26)(H,22,23)/t14-,19+/m0/s1. The normalized spacial score (nSPS) is 24.2. The number of rotatable bonds is 3. The van der Waals surface area contributed by atoms with Crippen molar-refractivity contribution < 1.29 is 9.59 Å². The number of benzene rings is 1. The molecule has 3 heterocycles. The lowest BCUT2D eigenvalue weighted by Gasteiger charge is -2.33. The van der Waals surface area contributed by atoms with Crippen LogP contribution in [0.5, 0.6) is 0 Å². The summed E-state index contributed by atoms with van der Waals surface area (Å²) in [7, 11) is 0. The van der Waals surface area contributed by atoms with Crippen LogP contribution in [0.15, 0.2) is 24.3 Å². The Bertz CT molecular complexity index is 893. The van der Waals surface area contributed by atoms with E-state index < -0.39 is 5.41 Å². The number of nitrogens with zero attached hydrogens (tertiary/aromatic N) is 2. The molecule has 1 saturated heterocycles. The van der Waals surface area contributed by atoms with Gasteiger partial charge in [0.2, 0.25) is 5.91 Å². The van der Waals surface area contributed by atoms with E-state index in [1.165, 1.54) is 0 Å². The first-order chi connectivity index (χ1) is 12.5. The van der Waals surface area contributed by atoms with Crippen molar-refractivity contribution in [3.05, 3.63) is 46.2 Å². The Labute approximate surface area is 156 Å². The molecule has 2 N–H and O–H groups in total. The molecule has 2 aliphatic heterocycles.